The van der Waals surface area contributed by atoms with Gasteiger partial charge >= 0.3 is 0 Å². The minimum absolute atomic E-state index is 0.00632. The lowest BCUT2D eigenvalue weighted by Crippen LogP contribution is -2.44. The number of benzene rings is 4. The van der Waals surface area contributed by atoms with Crippen LogP contribution in [0.3, 0.4) is 0 Å². The maximum Gasteiger partial charge on any atom is 0.283 e. The first-order valence-corrected chi connectivity index (χ1v) is 13.3. The number of nitro groups is 1. The highest BCUT2D eigenvalue weighted by Gasteiger charge is 2.43. The Morgan fingerprint density at radius 2 is 1.05 bits per heavy atom. The average molecular weight is 548 g/mol. The maximum atomic E-state index is 13.7. The van der Waals surface area contributed by atoms with Crippen LogP contribution in [-0.4, -0.2) is 51.4 Å². The van der Waals surface area contributed by atoms with E-state index < -0.39 is 34.2 Å². The van der Waals surface area contributed by atoms with Gasteiger partial charge in [0.2, 0.25) is 0 Å². The van der Waals surface area contributed by atoms with Crippen molar-refractivity contribution in [2.45, 2.75) is 26.7 Å². The van der Waals surface area contributed by atoms with Gasteiger partial charge in [-0.2, -0.15) is 0 Å². The number of nitrogens with zero attached hydrogens (tertiary/aromatic N) is 3. The van der Waals surface area contributed by atoms with Crippen molar-refractivity contribution in [3.63, 3.8) is 0 Å². The van der Waals surface area contributed by atoms with Gasteiger partial charge in [0.25, 0.3) is 29.3 Å². The molecule has 9 nitrogen and oxygen atoms in total. The number of hydrogen-bond acceptors (Lipinski definition) is 6. The molecular formula is C32H25N3O6. The predicted octanol–water partition coefficient (Wildman–Crippen LogP) is 5.04. The van der Waals surface area contributed by atoms with Crippen LogP contribution < -0.4 is 0 Å². The van der Waals surface area contributed by atoms with E-state index in [1.807, 2.05) is 62.4 Å². The summed E-state index contributed by atoms with van der Waals surface area (Å²) in [5, 5.41) is 12.3. The Balaban J connectivity index is 1.41. The van der Waals surface area contributed by atoms with Crippen LogP contribution in [0.5, 0.6) is 0 Å². The van der Waals surface area contributed by atoms with Gasteiger partial charge in [-0.05, 0) is 49.9 Å². The Kier molecular flexibility index (Phi) is 6.22. The zero-order chi connectivity index (χ0) is 29.0. The van der Waals surface area contributed by atoms with Gasteiger partial charge in [-0.25, -0.2) is 0 Å². The summed E-state index contributed by atoms with van der Waals surface area (Å²) in [5.74, 6) is -2.69. The number of amides is 4. The number of rotatable bonds is 7. The van der Waals surface area contributed by atoms with Crippen LogP contribution in [0.1, 0.15) is 63.7 Å². The summed E-state index contributed by atoms with van der Waals surface area (Å²) in [7, 11) is 0. The van der Waals surface area contributed by atoms with Crippen molar-refractivity contribution in [2.75, 3.05) is 13.1 Å². The van der Waals surface area contributed by atoms with Crippen LogP contribution in [-0.2, 0) is 12.8 Å². The lowest BCUT2D eigenvalue weighted by Gasteiger charge is -2.31. The van der Waals surface area contributed by atoms with Crippen molar-refractivity contribution in [2.24, 2.45) is 0 Å². The van der Waals surface area contributed by atoms with Gasteiger partial charge < -0.3 is 0 Å². The Morgan fingerprint density at radius 1 is 0.610 bits per heavy atom. The maximum absolute atomic E-state index is 13.7. The summed E-state index contributed by atoms with van der Waals surface area (Å²) in [6, 6.07) is 19.3. The largest absolute Gasteiger partial charge is 0.283 e. The van der Waals surface area contributed by atoms with E-state index in [9.17, 15) is 29.3 Å². The summed E-state index contributed by atoms with van der Waals surface area (Å²) in [6.07, 6.45) is 0.772. The van der Waals surface area contributed by atoms with E-state index >= 15 is 0 Å². The first-order chi connectivity index (χ1) is 19.7. The Bertz CT molecular complexity index is 1810. The Hall–Kier alpha value is -5.18. The predicted molar refractivity (Wildman–Crippen MR) is 151 cm³/mol. The molecule has 0 spiro atoms. The molecule has 0 N–H and O–H groups in total. The highest BCUT2D eigenvalue weighted by Crippen LogP contribution is 2.42. The van der Waals surface area contributed by atoms with Crippen LogP contribution in [0.25, 0.3) is 10.8 Å². The Labute approximate surface area is 235 Å². The molecule has 0 aliphatic carbocycles. The quantitative estimate of drug-likeness (QED) is 0.182. The SMILES string of the molecule is Cc1ccc(CCN2C(=O)c3ccc4c5c(c([N+](=O)[O-])cc(c35)C2=O)C(=O)N(CCc2ccc(C)cc2)C4=O)cc1. The number of carbonyl (C=O) groups is 4. The van der Waals surface area contributed by atoms with E-state index in [0.29, 0.717) is 12.8 Å². The molecule has 4 aromatic carbocycles. The topological polar surface area (TPSA) is 118 Å². The summed E-state index contributed by atoms with van der Waals surface area (Å²) < 4.78 is 0. The van der Waals surface area contributed by atoms with Gasteiger partial charge in [-0.1, -0.05) is 59.7 Å². The van der Waals surface area contributed by atoms with Crippen LogP contribution in [0.15, 0.2) is 66.7 Å². The molecule has 41 heavy (non-hydrogen) atoms. The third-order valence-corrected chi connectivity index (χ3v) is 7.83. The lowest BCUT2D eigenvalue weighted by atomic mass is 9.84. The molecule has 2 aliphatic rings. The fraction of sp³-hybridized carbons (Fsp3) is 0.188. The van der Waals surface area contributed by atoms with Gasteiger partial charge in [0.1, 0.15) is 5.56 Å². The number of hydrogen-bond donors (Lipinski definition) is 0. The van der Waals surface area contributed by atoms with Gasteiger partial charge in [0.15, 0.2) is 0 Å². The molecule has 4 aromatic rings. The number of imide groups is 2. The molecule has 0 saturated carbocycles. The molecular weight excluding hydrogens is 522 g/mol. The molecule has 0 radical (unpaired) electrons. The van der Waals surface area contributed by atoms with Crippen molar-refractivity contribution in [3.8, 4) is 0 Å². The smallest absolute Gasteiger partial charge is 0.274 e. The van der Waals surface area contributed by atoms with Gasteiger partial charge in [0, 0.05) is 41.1 Å². The van der Waals surface area contributed by atoms with Crippen molar-refractivity contribution in [1.29, 1.82) is 0 Å². The van der Waals surface area contributed by atoms with Crippen molar-refractivity contribution < 1.29 is 24.1 Å². The first-order valence-electron chi connectivity index (χ1n) is 13.3. The van der Waals surface area contributed by atoms with Crippen molar-refractivity contribution in [1.82, 2.24) is 9.80 Å². The van der Waals surface area contributed by atoms with E-state index in [1.54, 1.807) is 0 Å². The number of aryl methyl sites for hydroxylation is 2. The van der Waals surface area contributed by atoms with Gasteiger partial charge in [0.05, 0.1) is 10.5 Å². The average Bonchev–Trinajstić information content (AvgIpc) is 2.96. The molecule has 0 atom stereocenters. The third-order valence-electron chi connectivity index (χ3n) is 7.83. The molecule has 0 saturated heterocycles. The molecule has 2 heterocycles. The first kappa shape index (κ1) is 26.1. The molecule has 204 valence electrons. The lowest BCUT2D eigenvalue weighted by molar-refractivity contribution is -0.385. The van der Waals surface area contributed by atoms with E-state index in [4.69, 9.17) is 0 Å². The third kappa shape index (κ3) is 4.26. The van der Waals surface area contributed by atoms with Crippen LogP contribution in [0, 0.1) is 24.0 Å². The zero-order valence-corrected chi connectivity index (χ0v) is 22.5. The van der Waals surface area contributed by atoms with Gasteiger partial charge in [-0.3, -0.25) is 39.1 Å². The minimum Gasteiger partial charge on any atom is -0.274 e. The summed E-state index contributed by atoms with van der Waals surface area (Å²) >= 11 is 0. The monoisotopic (exact) mass is 547 g/mol. The zero-order valence-electron chi connectivity index (χ0n) is 22.5. The second-order valence-corrected chi connectivity index (χ2v) is 10.5. The van der Waals surface area contributed by atoms with E-state index in [-0.39, 0.29) is 46.1 Å². The molecule has 0 fully saturated rings. The Morgan fingerprint density at radius 3 is 1.54 bits per heavy atom. The highest BCUT2D eigenvalue weighted by molar-refractivity contribution is 6.34. The molecule has 9 heteroatoms. The highest BCUT2D eigenvalue weighted by atomic mass is 16.6. The number of carbonyl (C=O) groups excluding carboxylic acids is 4. The molecule has 0 bridgehead atoms. The standard InChI is InChI=1S/C32H25N3O6/c1-18-3-7-20(8-4-18)13-15-33-29(36)22-11-12-23-27-26(22)24(31(33)38)17-25(35(40)41)28(27)32(39)34(30(23)37)16-14-21-9-5-19(2)6-10-21/h3-12,17H,13-16H2,1-2H3. The van der Waals surface area contributed by atoms with Gasteiger partial charge in [-0.15, -0.1) is 0 Å². The second-order valence-electron chi connectivity index (χ2n) is 10.5. The molecule has 0 unspecified atom stereocenters. The van der Waals surface area contributed by atoms with E-state index in [0.717, 1.165) is 38.1 Å². The minimum atomic E-state index is -0.813. The summed E-state index contributed by atoms with van der Waals surface area (Å²) in [6.45, 7) is 4.01. The van der Waals surface area contributed by atoms with E-state index in [1.165, 1.54) is 12.1 Å². The van der Waals surface area contributed by atoms with Crippen LogP contribution >= 0.6 is 0 Å². The van der Waals surface area contributed by atoms with Crippen LogP contribution in [0.2, 0.25) is 0 Å². The molecule has 4 amide bonds. The molecule has 2 aliphatic heterocycles. The molecule has 0 aromatic heterocycles. The molecule has 6 rings (SSSR count). The normalized spacial score (nSPS) is 14.3. The number of nitro benzene ring substituents is 1. The van der Waals surface area contributed by atoms with Crippen molar-refractivity contribution in [3.05, 3.63) is 121 Å². The van der Waals surface area contributed by atoms with Crippen molar-refractivity contribution >= 4 is 40.1 Å². The summed E-state index contributed by atoms with van der Waals surface area (Å²) in [5.41, 5.74) is 3.27. The van der Waals surface area contributed by atoms with Crippen LogP contribution in [0.4, 0.5) is 5.69 Å². The summed E-state index contributed by atoms with van der Waals surface area (Å²) in [4.78, 5) is 68.0. The second kappa shape index (κ2) is 9.78. The fourth-order valence-electron chi connectivity index (χ4n) is 5.59. The fourth-order valence-corrected chi connectivity index (χ4v) is 5.59. The van der Waals surface area contributed by atoms with E-state index in [2.05, 4.69) is 0 Å².